The van der Waals surface area contributed by atoms with Gasteiger partial charge in [0.25, 0.3) is 0 Å². The van der Waals surface area contributed by atoms with Crippen molar-refractivity contribution in [2.75, 3.05) is 13.6 Å². The molecule has 0 saturated heterocycles. The van der Waals surface area contributed by atoms with E-state index in [1.807, 2.05) is 19.2 Å². The maximum Gasteiger partial charge on any atom is 0.237 e. The van der Waals surface area contributed by atoms with E-state index < -0.39 is 0 Å². The number of nitrogens with one attached hydrogen (secondary N) is 2. The van der Waals surface area contributed by atoms with E-state index in [0.29, 0.717) is 16.6 Å². The summed E-state index contributed by atoms with van der Waals surface area (Å²) in [5.41, 5.74) is 3.31. The van der Waals surface area contributed by atoms with Crippen LogP contribution in [0.15, 0.2) is 42.5 Å². The summed E-state index contributed by atoms with van der Waals surface area (Å²) < 4.78 is 0. The molecule has 0 saturated carbocycles. The molecule has 0 aliphatic carbocycles. The minimum absolute atomic E-state index is 0.0772. The monoisotopic (exact) mass is 392 g/mol. The van der Waals surface area contributed by atoms with Gasteiger partial charge in [0, 0.05) is 6.54 Å². The molecule has 1 atom stereocenters. The highest BCUT2D eigenvalue weighted by Gasteiger charge is 2.14. The van der Waals surface area contributed by atoms with Gasteiger partial charge < -0.3 is 10.6 Å². The van der Waals surface area contributed by atoms with Crippen molar-refractivity contribution in [1.82, 2.24) is 10.6 Å². The summed E-state index contributed by atoms with van der Waals surface area (Å²) >= 11 is 12.1. The van der Waals surface area contributed by atoms with Crippen molar-refractivity contribution in [3.63, 3.8) is 0 Å². The van der Waals surface area contributed by atoms with Gasteiger partial charge in [0.2, 0.25) is 5.91 Å². The Bertz CT molecular complexity index is 716. The number of likely N-dealkylation sites (N-methyl/N-ethyl adjacent to an activating group) is 1. The first-order valence-electron chi connectivity index (χ1n) is 9.04. The summed E-state index contributed by atoms with van der Waals surface area (Å²) in [5.74, 6) is 0.0772. The lowest BCUT2D eigenvalue weighted by Crippen LogP contribution is -2.43. The first-order chi connectivity index (χ1) is 12.5. The third kappa shape index (κ3) is 6.01. The van der Waals surface area contributed by atoms with Crippen molar-refractivity contribution in [1.29, 1.82) is 0 Å². The number of halogens is 2. The first kappa shape index (κ1) is 20.8. The summed E-state index contributed by atoms with van der Waals surface area (Å²) in [5, 5.41) is 7.22. The molecule has 1 unspecified atom stereocenters. The van der Waals surface area contributed by atoms with Crippen molar-refractivity contribution in [2.24, 2.45) is 0 Å². The SMILES string of the molecule is CCCCC(NC)C(=O)NCCc1ccc(-c2ccc(Cl)c(Cl)c2)cc1. The lowest BCUT2D eigenvalue weighted by atomic mass is 10.0. The van der Waals surface area contributed by atoms with Crippen LogP contribution in [0.3, 0.4) is 0 Å². The Morgan fingerprint density at radius 3 is 2.35 bits per heavy atom. The van der Waals surface area contributed by atoms with Crippen LogP contribution in [0.25, 0.3) is 11.1 Å². The summed E-state index contributed by atoms with van der Waals surface area (Å²) in [6.07, 6.45) is 3.82. The van der Waals surface area contributed by atoms with E-state index in [9.17, 15) is 4.79 Å². The zero-order chi connectivity index (χ0) is 18.9. The number of hydrogen-bond donors (Lipinski definition) is 2. The van der Waals surface area contributed by atoms with Crippen molar-refractivity contribution >= 4 is 29.1 Å². The van der Waals surface area contributed by atoms with E-state index in [2.05, 4.69) is 41.8 Å². The van der Waals surface area contributed by atoms with Gasteiger partial charge in [0.15, 0.2) is 0 Å². The van der Waals surface area contributed by atoms with Gasteiger partial charge in [-0.25, -0.2) is 0 Å². The van der Waals surface area contributed by atoms with Crippen LogP contribution in [0.5, 0.6) is 0 Å². The van der Waals surface area contributed by atoms with E-state index in [-0.39, 0.29) is 11.9 Å². The highest BCUT2D eigenvalue weighted by Crippen LogP contribution is 2.28. The van der Waals surface area contributed by atoms with Gasteiger partial charge in [-0.15, -0.1) is 0 Å². The predicted octanol–water partition coefficient (Wildman–Crippen LogP) is 5.10. The average molecular weight is 393 g/mol. The minimum Gasteiger partial charge on any atom is -0.354 e. The topological polar surface area (TPSA) is 41.1 Å². The fourth-order valence-corrected chi connectivity index (χ4v) is 3.11. The van der Waals surface area contributed by atoms with Gasteiger partial charge in [-0.3, -0.25) is 4.79 Å². The number of hydrogen-bond acceptors (Lipinski definition) is 2. The average Bonchev–Trinajstić information content (AvgIpc) is 2.65. The van der Waals surface area contributed by atoms with E-state index >= 15 is 0 Å². The fourth-order valence-electron chi connectivity index (χ4n) is 2.81. The summed E-state index contributed by atoms with van der Waals surface area (Å²) in [4.78, 5) is 12.2. The molecule has 0 bridgehead atoms. The van der Waals surface area contributed by atoms with Gasteiger partial charge in [-0.05, 0) is 48.7 Å². The van der Waals surface area contributed by atoms with Crippen LogP contribution >= 0.6 is 23.2 Å². The molecule has 0 radical (unpaired) electrons. The van der Waals surface area contributed by atoms with Crippen LogP contribution in [0.4, 0.5) is 0 Å². The van der Waals surface area contributed by atoms with Gasteiger partial charge in [-0.1, -0.05) is 73.3 Å². The standard InChI is InChI=1S/C21H26Cl2N2O/c1-3-4-5-20(24-2)21(26)25-13-12-15-6-8-16(9-7-15)17-10-11-18(22)19(23)14-17/h6-11,14,20,24H,3-5,12-13H2,1-2H3,(H,25,26). The van der Waals surface area contributed by atoms with Crippen molar-refractivity contribution in [3.05, 3.63) is 58.1 Å². The molecule has 3 nitrogen and oxygen atoms in total. The molecule has 0 aliphatic rings. The largest absolute Gasteiger partial charge is 0.354 e. The van der Waals surface area contributed by atoms with Crippen LogP contribution in [0.2, 0.25) is 10.0 Å². The number of carbonyl (C=O) groups is 1. The first-order valence-corrected chi connectivity index (χ1v) is 9.80. The maximum atomic E-state index is 12.2. The fraction of sp³-hybridized carbons (Fsp3) is 0.381. The second-order valence-corrected chi connectivity index (χ2v) is 7.16. The van der Waals surface area contributed by atoms with Crippen molar-refractivity contribution in [2.45, 2.75) is 38.6 Å². The molecular formula is C21H26Cl2N2O. The Balaban J connectivity index is 1.87. The summed E-state index contributed by atoms with van der Waals surface area (Å²) in [7, 11) is 1.83. The normalized spacial score (nSPS) is 12.0. The van der Waals surface area contributed by atoms with E-state index in [0.717, 1.165) is 36.8 Å². The second kappa shape index (κ2) is 10.6. The number of amides is 1. The Labute approximate surface area is 166 Å². The zero-order valence-corrected chi connectivity index (χ0v) is 16.8. The summed E-state index contributed by atoms with van der Waals surface area (Å²) in [6.45, 7) is 2.77. The van der Waals surface area contributed by atoms with Gasteiger partial charge in [0.05, 0.1) is 16.1 Å². The van der Waals surface area contributed by atoms with Crippen LogP contribution in [0, 0.1) is 0 Å². The molecule has 5 heteroatoms. The van der Waals surface area contributed by atoms with Crippen LogP contribution in [-0.2, 0) is 11.2 Å². The number of carbonyl (C=O) groups excluding carboxylic acids is 1. The van der Waals surface area contributed by atoms with Crippen LogP contribution < -0.4 is 10.6 Å². The number of unbranched alkanes of at least 4 members (excludes halogenated alkanes) is 1. The second-order valence-electron chi connectivity index (χ2n) is 6.35. The van der Waals surface area contributed by atoms with Crippen molar-refractivity contribution in [3.8, 4) is 11.1 Å². The molecule has 26 heavy (non-hydrogen) atoms. The Morgan fingerprint density at radius 1 is 1.04 bits per heavy atom. The Morgan fingerprint density at radius 2 is 1.73 bits per heavy atom. The molecule has 2 rings (SSSR count). The molecule has 0 spiro atoms. The predicted molar refractivity (Wildman–Crippen MR) is 111 cm³/mol. The van der Waals surface area contributed by atoms with Gasteiger partial charge in [0.1, 0.15) is 0 Å². The number of rotatable bonds is 9. The molecule has 2 aromatic rings. The van der Waals surface area contributed by atoms with E-state index in [1.54, 1.807) is 6.07 Å². The highest BCUT2D eigenvalue weighted by molar-refractivity contribution is 6.42. The third-order valence-electron chi connectivity index (χ3n) is 4.43. The third-order valence-corrected chi connectivity index (χ3v) is 5.17. The molecule has 0 aliphatic heterocycles. The quantitative estimate of drug-likeness (QED) is 0.623. The van der Waals surface area contributed by atoms with Crippen molar-refractivity contribution < 1.29 is 4.79 Å². The molecule has 2 N–H and O–H groups in total. The molecule has 1 amide bonds. The van der Waals surface area contributed by atoms with Crippen LogP contribution in [0.1, 0.15) is 31.7 Å². The highest BCUT2D eigenvalue weighted by atomic mass is 35.5. The molecule has 0 fully saturated rings. The maximum absolute atomic E-state index is 12.2. The molecule has 0 aromatic heterocycles. The molecule has 140 valence electrons. The number of benzene rings is 2. The van der Waals surface area contributed by atoms with E-state index in [1.165, 1.54) is 5.56 Å². The lowest BCUT2D eigenvalue weighted by Gasteiger charge is -2.15. The lowest BCUT2D eigenvalue weighted by molar-refractivity contribution is -0.123. The van der Waals surface area contributed by atoms with Crippen LogP contribution in [-0.4, -0.2) is 25.5 Å². The molecule has 2 aromatic carbocycles. The molecule has 0 heterocycles. The molecular weight excluding hydrogens is 367 g/mol. The Kier molecular flexibility index (Phi) is 8.43. The smallest absolute Gasteiger partial charge is 0.237 e. The van der Waals surface area contributed by atoms with E-state index in [4.69, 9.17) is 23.2 Å². The van der Waals surface area contributed by atoms with Gasteiger partial charge >= 0.3 is 0 Å². The minimum atomic E-state index is -0.105. The summed E-state index contributed by atoms with van der Waals surface area (Å²) in [6, 6.07) is 13.8. The Hall–Kier alpha value is -1.55. The zero-order valence-electron chi connectivity index (χ0n) is 15.3. The van der Waals surface area contributed by atoms with Gasteiger partial charge in [-0.2, -0.15) is 0 Å².